The lowest BCUT2D eigenvalue weighted by molar-refractivity contribution is -0.193. The first-order chi connectivity index (χ1) is 24.5. The van der Waals surface area contributed by atoms with Crippen molar-refractivity contribution in [3.05, 3.63) is 23.0 Å². The van der Waals surface area contributed by atoms with E-state index in [0.717, 1.165) is 25.7 Å². The number of sulfone groups is 1. The molecule has 1 aliphatic carbocycles. The Balaban J connectivity index is 1.39. The van der Waals surface area contributed by atoms with E-state index in [-0.39, 0.29) is 16.8 Å². The molecule has 3 aliphatic rings. The molecule has 0 unspecified atom stereocenters. The zero-order valence-corrected chi connectivity index (χ0v) is 33.6. The molecule has 294 valence electrons. The molecule has 19 heteroatoms. The summed E-state index contributed by atoms with van der Waals surface area (Å²) in [4.78, 5) is 29.1. The Bertz CT molecular complexity index is 1870. The maximum atomic E-state index is 13.9. The average Bonchev–Trinajstić information content (AvgIpc) is 3.81. The summed E-state index contributed by atoms with van der Waals surface area (Å²) in [6.07, 6.45) is 1.97. The Kier molecular flexibility index (Phi) is 12.0. The molecule has 1 saturated carbocycles. The first kappa shape index (κ1) is 41.4. The van der Waals surface area contributed by atoms with Crippen LogP contribution in [-0.2, 0) is 56.7 Å². The van der Waals surface area contributed by atoms with E-state index in [4.69, 9.17) is 44.3 Å². The van der Waals surface area contributed by atoms with Crippen molar-refractivity contribution in [2.45, 2.75) is 117 Å². The highest BCUT2D eigenvalue weighted by Gasteiger charge is 2.57. The number of ether oxygens (including phenoxy) is 5. The van der Waals surface area contributed by atoms with Gasteiger partial charge in [0.25, 0.3) is 0 Å². The number of hydrogen-bond acceptors (Lipinski definition) is 15. The van der Waals surface area contributed by atoms with Crippen LogP contribution in [0.2, 0.25) is 5.15 Å². The SMILES string of the molecule is CC1(C)O[C@@H]2[C@H](O1)[C@@H](CS(=O)(=O)CP(=O)(OCOC(=O)C(C)(C)C)OCOC(=O)C(C)(C)C)O[C@H]2n1ccc2c(NC3CCCC3)c(C#N)c(Cl)nc21. The Morgan fingerprint density at radius 2 is 1.62 bits per heavy atom. The second-order valence-corrected chi connectivity index (χ2v) is 20.9. The first-order valence-electron chi connectivity index (χ1n) is 17.3. The van der Waals surface area contributed by atoms with Crippen molar-refractivity contribution >= 4 is 57.7 Å². The molecule has 0 amide bonds. The van der Waals surface area contributed by atoms with Crippen LogP contribution in [0.3, 0.4) is 0 Å². The fourth-order valence-corrected chi connectivity index (χ4v) is 10.7. The van der Waals surface area contributed by atoms with E-state index in [1.165, 1.54) is 0 Å². The summed E-state index contributed by atoms with van der Waals surface area (Å²) in [6.45, 7) is 11.2. The van der Waals surface area contributed by atoms with E-state index in [9.17, 15) is 27.8 Å². The number of esters is 2. The van der Waals surface area contributed by atoms with Gasteiger partial charge in [-0.3, -0.25) is 23.2 Å². The highest BCUT2D eigenvalue weighted by atomic mass is 35.5. The number of anilines is 1. The van der Waals surface area contributed by atoms with Crippen LogP contribution in [0.25, 0.3) is 11.0 Å². The lowest BCUT2D eigenvalue weighted by Crippen LogP contribution is -2.35. The van der Waals surface area contributed by atoms with Gasteiger partial charge in [0.2, 0.25) is 13.6 Å². The molecule has 2 aromatic rings. The number of halogens is 1. The summed E-state index contributed by atoms with van der Waals surface area (Å²) < 4.78 is 82.5. The molecule has 0 spiro atoms. The quantitative estimate of drug-likeness (QED) is 0.106. The van der Waals surface area contributed by atoms with Crippen molar-refractivity contribution in [2.75, 3.05) is 30.1 Å². The second-order valence-electron chi connectivity index (χ2n) is 16.0. The van der Waals surface area contributed by atoms with Crippen molar-refractivity contribution < 1.29 is 55.3 Å². The lowest BCUT2D eigenvalue weighted by Gasteiger charge is -2.25. The lowest BCUT2D eigenvalue weighted by atomic mass is 9.98. The number of hydrogen-bond donors (Lipinski definition) is 1. The summed E-state index contributed by atoms with van der Waals surface area (Å²) >= 11 is 6.55. The number of nitriles is 1. The fraction of sp³-hybridized carbons (Fsp3) is 0.706. The van der Waals surface area contributed by atoms with E-state index >= 15 is 0 Å². The fourth-order valence-electron chi connectivity index (χ4n) is 6.30. The molecule has 1 N–H and O–H groups in total. The zero-order chi connectivity index (χ0) is 39.1. The highest BCUT2D eigenvalue weighted by molar-refractivity contribution is 7.97. The largest absolute Gasteiger partial charge is 0.438 e. The van der Waals surface area contributed by atoms with Crippen molar-refractivity contribution in [3.63, 3.8) is 0 Å². The standard InChI is InChI=1S/C34H48ClN4O12PS/c1-32(2,3)30(40)45-17-47-52(42,48-18-46-31(41)33(4,5)6)19-53(43,44)16-23-25-26(51-34(7,8)50-25)29(49-23)39-14-13-21-24(37-20-11-9-10-12-20)22(15-36)27(35)38-28(21)39/h13-14,20,23,25-26,29H,9-12,16-19H2,1-8H3,(H,37,38)/t23-,25-,26-,29-/m1/s1. The monoisotopic (exact) mass is 802 g/mol. The third-order valence-corrected chi connectivity index (χ3v) is 13.9. The Morgan fingerprint density at radius 1 is 1.06 bits per heavy atom. The predicted molar refractivity (Wildman–Crippen MR) is 192 cm³/mol. The van der Waals surface area contributed by atoms with Crippen molar-refractivity contribution in [3.8, 4) is 6.07 Å². The second kappa shape index (κ2) is 15.4. The van der Waals surface area contributed by atoms with Crippen LogP contribution < -0.4 is 5.32 Å². The van der Waals surface area contributed by atoms with Crippen LogP contribution in [0.1, 0.15) is 92.9 Å². The molecule has 2 aliphatic heterocycles. The first-order valence-corrected chi connectivity index (χ1v) is 21.3. The molecule has 16 nitrogen and oxygen atoms in total. The topological polar surface area (TPSA) is 204 Å². The summed E-state index contributed by atoms with van der Waals surface area (Å²) in [6, 6.07) is 4.11. The van der Waals surface area contributed by atoms with Crippen LogP contribution in [-0.4, -0.2) is 84.9 Å². The molecule has 5 rings (SSSR count). The molecule has 3 fully saturated rings. The number of nitrogens with zero attached hydrogens (tertiary/aromatic N) is 3. The van der Waals surface area contributed by atoms with Gasteiger partial charge in [-0.1, -0.05) is 24.4 Å². The summed E-state index contributed by atoms with van der Waals surface area (Å²) in [5.41, 5.74) is -1.86. The van der Waals surface area contributed by atoms with Gasteiger partial charge >= 0.3 is 19.5 Å². The van der Waals surface area contributed by atoms with Gasteiger partial charge in [0.1, 0.15) is 35.6 Å². The number of carbonyl (C=O) groups is 2. The number of carbonyl (C=O) groups excluding carboxylic acids is 2. The van der Waals surface area contributed by atoms with E-state index in [2.05, 4.69) is 16.4 Å². The molecule has 2 saturated heterocycles. The third kappa shape index (κ3) is 9.71. The molecule has 4 atom stereocenters. The van der Waals surface area contributed by atoms with Crippen LogP contribution in [0.4, 0.5) is 5.69 Å². The maximum Gasteiger partial charge on any atom is 0.351 e. The Morgan fingerprint density at radius 3 is 2.17 bits per heavy atom. The molecule has 4 heterocycles. The molecule has 0 bridgehead atoms. The van der Waals surface area contributed by atoms with Gasteiger partial charge in [-0.2, -0.15) is 5.26 Å². The van der Waals surface area contributed by atoms with Gasteiger partial charge in [-0.15, -0.1) is 0 Å². The normalized spacial score (nSPS) is 23.5. The summed E-state index contributed by atoms with van der Waals surface area (Å²) in [5.74, 6) is -3.21. The highest BCUT2D eigenvalue weighted by Crippen LogP contribution is 2.51. The predicted octanol–water partition coefficient (Wildman–Crippen LogP) is 6.03. The number of fused-ring (bicyclic) bond motifs is 2. The number of rotatable bonds is 13. The van der Waals surface area contributed by atoms with Crippen LogP contribution in [0, 0.1) is 22.2 Å². The van der Waals surface area contributed by atoms with Gasteiger partial charge in [0.05, 0.1) is 22.3 Å². The van der Waals surface area contributed by atoms with Crippen LogP contribution >= 0.6 is 19.2 Å². The molecular formula is C34H48ClN4O12PS. The van der Waals surface area contributed by atoms with Gasteiger partial charge in [0, 0.05) is 17.6 Å². The van der Waals surface area contributed by atoms with E-state index in [1.54, 1.807) is 72.2 Å². The van der Waals surface area contributed by atoms with E-state index < -0.39 is 95.4 Å². The molecular weight excluding hydrogens is 755 g/mol. The van der Waals surface area contributed by atoms with Gasteiger partial charge < -0.3 is 33.6 Å². The Hall–Kier alpha value is -2.81. The van der Waals surface area contributed by atoms with E-state index in [1.807, 2.05) is 0 Å². The number of pyridine rings is 1. The van der Waals surface area contributed by atoms with Crippen LogP contribution in [0.5, 0.6) is 0 Å². The van der Waals surface area contributed by atoms with Crippen molar-refractivity contribution in [1.82, 2.24) is 9.55 Å². The minimum absolute atomic E-state index is 0.00449. The van der Waals surface area contributed by atoms with Gasteiger partial charge in [-0.25, -0.2) is 13.4 Å². The van der Waals surface area contributed by atoms with E-state index in [0.29, 0.717) is 16.7 Å². The average molecular weight is 803 g/mol. The minimum atomic E-state index is -4.63. The minimum Gasteiger partial charge on any atom is -0.438 e. The van der Waals surface area contributed by atoms with Crippen molar-refractivity contribution in [2.24, 2.45) is 10.8 Å². The third-order valence-electron chi connectivity index (χ3n) is 8.91. The molecule has 0 aromatic carbocycles. The zero-order valence-electron chi connectivity index (χ0n) is 31.2. The molecule has 53 heavy (non-hydrogen) atoms. The molecule has 0 radical (unpaired) electrons. The Labute approximate surface area is 314 Å². The number of nitrogens with one attached hydrogen (secondary N) is 1. The maximum absolute atomic E-state index is 13.9. The number of aromatic nitrogens is 2. The van der Waals surface area contributed by atoms with Crippen molar-refractivity contribution in [1.29, 1.82) is 5.26 Å². The van der Waals surface area contributed by atoms with Gasteiger partial charge in [-0.05, 0) is 74.3 Å². The summed E-state index contributed by atoms with van der Waals surface area (Å²) in [7, 11) is -9.00. The van der Waals surface area contributed by atoms with Gasteiger partial charge in [0.15, 0.2) is 32.5 Å². The smallest absolute Gasteiger partial charge is 0.351 e. The van der Waals surface area contributed by atoms with Crippen LogP contribution in [0.15, 0.2) is 12.3 Å². The molecule has 2 aromatic heterocycles. The summed E-state index contributed by atoms with van der Waals surface area (Å²) in [5, 5.41) is 14.0.